The van der Waals surface area contributed by atoms with Gasteiger partial charge in [0.1, 0.15) is 6.10 Å². The molecule has 3 N–H and O–H groups in total. The highest BCUT2D eigenvalue weighted by Gasteiger charge is 2.41. The number of hydrogen-bond acceptors (Lipinski definition) is 5. The van der Waals surface area contributed by atoms with Gasteiger partial charge in [-0.25, -0.2) is 4.79 Å². The molecule has 142 valence electrons. The molecule has 27 heavy (non-hydrogen) atoms. The average Bonchev–Trinajstić information content (AvgIpc) is 2.69. The normalized spacial score (nSPS) is 22.3. The molecule has 1 aliphatic rings. The third-order valence-corrected chi connectivity index (χ3v) is 5.49. The summed E-state index contributed by atoms with van der Waals surface area (Å²) in [5.41, 5.74) is 2.04. The van der Waals surface area contributed by atoms with E-state index in [1.165, 1.54) is 0 Å². The number of aromatic carboxylic acids is 1. The van der Waals surface area contributed by atoms with Crippen LogP contribution in [-0.4, -0.2) is 46.8 Å². The monoisotopic (exact) mass is 387 g/mol. The van der Waals surface area contributed by atoms with Crippen LogP contribution in [0.25, 0.3) is 0 Å². The van der Waals surface area contributed by atoms with Gasteiger partial charge in [-0.2, -0.15) is 0 Å². The summed E-state index contributed by atoms with van der Waals surface area (Å²) in [4.78, 5) is 11.1. The van der Waals surface area contributed by atoms with Crippen molar-refractivity contribution in [3.8, 4) is 0 Å². The van der Waals surface area contributed by atoms with Crippen molar-refractivity contribution in [3.63, 3.8) is 0 Å². The summed E-state index contributed by atoms with van der Waals surface area (Å²) >= 11 is 0. The molecule has 1 fully saturated rings. The number of carbonyl (C=O) groups is 1. The van der Waals surface area contributed by atoms with Crippen LogP contribution in [0.1, 0.15) is 21.5 Å². The number of hydrogen-bond donors (Lipinski definition) is 3. The molecule has 2 aromatic rings. The number of aliphatic hydroxyl groups is 1. The van der Waals surface area contributed by atoms with Gasteiger partial charge in [0.2, 0.25) is 0 Å². The van der Waals surface area contributed by atoms with Crippen molar-refractivity contribution >= 4 is 14.4 Å². The summed E-state index contributed by atoms with van der Waals surface area (Å²) in [6.45, 7) is 0.705. The summed E-state index contributed by atoms with van der Waals surface area (Å²) in [6, 6.07) is 16.2. The van der Waals surface area contributed by atoms with E-state index in [9.17, 15) is 14.5 Å². The van der Waals surface area contributed by atoms with E-state index in [1.54, 1.807) is 18.2 Å². The fraction of sp³-hybridized carbons (Fsp3) is 0.350. The molecule has 0 aliphatic carbocycles. The van der Waals surface area contributed by atoms with Crippen LogP contribution in [0.4, 0.5) is 0 Å². The van der Waals surface area contributed by atoms with E-state index in [2.05, 4.69) is 5.32 Å². The van der Waals surface area contributed by atoms with Gasteiger partial charge >= 0.3 is 5.97 Å². The average molecular weight is 387 g/mol. The molecule has 2 aromatic carbocycles. The number of nitrogens with one attached hydrogen (secondary N) is 1. The van der Waals surface area contributed by atoms with Gasteiger partial charge in [0.15, 0.2) is 13.8 Å². The minimum absolute atomic E-state index is 0.00501. The maximum atomic E-state index is 11.7. The highest BCUT2D eigenvalue weighted by Crippen LogP contribution is 2.31. The number of benzene rings is 2. The third kappa shape index (κ3) is 4.99. The zero-order valence-electron chi connectivity index (χ0n) is 14.7. The van der Waals surface area contributed by atoms with Gasteiger partial charge in [0.05, 0.1) is 12.2 Å². The zero-order chi connectivity index (χ0) is 19.3. The largest absolute Gasteiger partial charge is 0.478 e. The fourth-order valence-electron chi connectivity index (χ4n) is 3.27. The van der Waals surface area contributed by atoms with Crippen molar-refractivity contribution in [2.24, 2.45) is 0 Å². The van der Waals surface area contributed by atoms with Crippen LogP contribution in [-0.2, 0) is 22.1 Å². The van der Waals surface area contributed by atoms with Crippen LogP contribution in [0.5, 0.6) is 0 Å². The van der Waals surface area contributed by atoms with Crippen molar-refractivity contribution in [3.05, 3.63) is 71.3 Å². The van der Waals surface area contributed by atoms with Crippen LogP contribution in [0, 0.1) is 0 Å². The highest BCUT2D eigenvalue weighted by atomic mass is 31.1. The molecule has 1 aliphatic heterocycles. The Bertz CT molecular complexity index is 792. The lowest BCUT2D eigenvalue weighted by Crippen LogP contribution is -2.55. The lowest BCUT2D eigenvalue weighted by atomic mass is 9.99. The standard InChI is InChI=1S/C20H22NO5P/c22-19(23)16-8-4-7-15(9-16)10-17-13-26-18(12-21-17)20(24,27-25)11-14-5-2-1-3-6-14/h1-9,17-18,21,24H,10-13H2,(H,22,23)/t17-,18-,20?/m1/s1. The van der Waals surface area contributed by atoms with Crippen LogP contribution < -0.4 is 5.32 Å². The van der Waals surface area contributed by atoms with Gasteiger partial charge < -0.3 is 20.3 Å². The van der Waals surface area contributed by atoms with Gasteiger partial charge in [-0.15, -0.1) is 0 Å². The molecule has 3 atom stereocenters. The third-order valence-electron chi connectivity index (χ3n) is 4.73. The van der Waals surface area contributed by atoms with Crippen molar-refractivity contribution in [1.29, 1.82) is 0 Å². The summed E-state index contributed by atoms with van der Waals surface area (Å²) in [5.74, 6) is -0.954. The van der Waals surface area contributed by atoms with Crippen LogP contribution in [0.3, 0.4) is 0 Å². The number of carboxylic acids is 1. The van der Waals surface area contributed by atoms with Gasteiger partial charge in [0.25, 0.3) is 0 Å². The summed E-state index contributed by atoms with van der Waals surface area (Å²) < 4.78 is 17.5. The predicted molar refractivity (Wildman–Crippen MR) is 101 cm³/mol. The molecule has 0 radical (unpaired) electrons. The van der Waals surface area contributed by atoms with Gasteiger partial charge in [-0.05, 0) is 29.7 Å². The molecule has 1 unspecified atom stereocenters. The molecule has 0 amide bonds. The lowest BCUT2D eigenvalue weighted by molar-refractivity contribution is -0.0845. The van der Waals surface area contributed by atoms with Gasteiger partial charge in [-0.1, -0.05) is 42.5 Å². The first-order valence-electron chi connectivity index (χ1n) is 8.78. The van der Waals surface area contributed by atoms with Crippen molar-refractivity contribution in [2.45, 2.75) is 30.3 Å². The first-order valence-corrected chi connectivity index (χ1v) is 9.59. The van der Waals surface area contributed by atoms with E-state index in [0.717, 1.165) is 11.1 Å². The van der Waals surface area contributed by atoms with Crippen molar-refractivity contribution in [1.82, 2.24) is 5.32 Å². The van der Waals surface area contributed by atoms with E-state index >= 15 is 0 Å². The molecule has 0 aromatic heterocycles. The van der Waals surface area contributed by atoms with E-state index in [4.69, 9.17) is 9.84 Å². The number of morpholine rings is 1. The zero-order valence-corrected chi connectivity index (χ0v) is 15.6. The predicted octanol–water partition coefficient (Wildman–Crippen LogP) is 2.51. The first kappa shape index (κ1) is 19.6. The maximum absolute atomic E-state index is 11.7. The minimum Gasteiger partial charge on any atom is -0.478 e. The molecule has 0 bridgehead atoms. The quantitative estimate of drug-likeness (QED) is 0.632. The SMILES string of the molecule is O=PC(O)(Cc1ccccc1)[C@H]1CN[C@H](Cc2cccc(C(=O)O)c2)CO1. The van der Waals surface area contributed by atoms with Crippen LogP contribution >= 0.6 is 8.46 Å². The Morgan fingerprint density at radius 1 is 1.19 bits per heavy atom. The molecular weight excluding hydrogens is 365 g/mol. The Balaban J connectivity index is 1.59. The highest BCUT2D eigenvalue weighted by molar-refractivity contribution is 7.25. The summed E-state index contributed by atoms with van der Waals surface area (Å²) in [5, 5.41) is 21.7. The van der Waals surface area contributed by atoms with E-state index in [1.807, 2.05) is 36.4 Å². The van der Waals surface area contributed by atoms with E-state index in [-0.39, 0.29) is 26.5 Å². The first-order chi connectivity index (χ1) is 13.0. The molecular formula is C20H22NO5P. The molecule has 0 saturated carbocycles. The Hall–Kier alpha value is -2.11. The summed E-state index contributed by atoms with van der Waals surface area (Å²) in [6.07, 6.45) is 0.245. The Morgan fingerprint density at radius 3 is 2.56 bits per heavy atom. The van der Waals surface area contributed by atoms with E-state index < -0.39 is 17.4 Å². The van der Waals surface area contributed by atoms with Crippen molar-refractivity contribution in [2.75, 3.05) is 13.2 Å². The second kappa shape index (κ2) is 8.72. The smallest absolute Gasteiger partial charge is 0.335 e. The maximum Gasteiger partial charge on any atom is 0.335 e. The van der Waals surface area contributed by atoms with Crippen molar-refractivity contribution < 1.29 is 24.3 Å². The van der Waals surface area contributed by atoms with Gasteiger partial charge in [0, 0.05) is 19.0 Å². The topological polar surface area (TPSA) is 95.9 Å². The molecule has 1 saturated heterocycles. The number of carboxylic acid groups (broad SMARTS) is 1. The Morgan fingerprint density at radius 2 is 1.93 bits per heavy atom. The molecule has 7 heteroatoms. The Kier molecular flexibility index (Phi) is 6.34. The molecule has 6 nitrogen and oxygen atoms in total. The molecule has 1 heterocycles. The van der Waals surface area contributed by atoms with Gasteiger partial charge in [-0.3, -0.25) is 4.57 Å². The second-order valence-electron chi connectivity index (χ2n) is 6.77. The van der Waals surface area contributed by atoms with Crippen LogP contribution in [0.2, 0.25) is 0 Å². The summed E-state index contributed by atoms with van der Waals surface area (Å²) in [7, 11) is -0.373. The Labute approximate surface area is 159 Å². The molecule has 3 rings (SSSR count). The minimum atomic E-state index is -1.50. The van der Waals surface area contributed by atoms with E-state index in [0.29, 0.717) is 19.6 Å². The van der Waals surface area contributed by atoms with Crippen LogP contribution in [0.15, 0.2) is 54.6 Å². The fourth-order valence-corrected chi connectivity index (χ4v) is 3.80. The second-order valence-corrected chi connectivity index (χ2v) is 7.73. The lowest BCUT2D eigenvalue weighted by Gasteiger charge is -2.37. The number of rotatable bonds is 7. The molecule has 0 spiro atoms. The number of ether oxygens (including phenoxy) is 1.